The van der Waals surface area contributed by atoms with E-state index in [9.17, 15) is 4.79 Å². The molecule has 0 aliphatic rings. The lowest BCUT2D eigenvalue weighted by atomic mass is 10.2. The number of methoxy groups -OCH3 is 2. The number of carbonyl (C=O) groups excluding carboxylic acids is 1. The maximum atomic E-state index is 11.8. The minimum absolute atomic E-state index is 0.179. The third-order valence-electron chi connectivity index (χ3n) is 3.25. The highest BCUT2D eigenvalue weighted by molar-refractivity contribution is 5.91. The van der Waals surface area contributed by atoms with Gasteiger partial charge in [0.1, 0.15) is 12.4 Å². The molecule has 0 aliphatic carbocycles. The van der Waals surface area contributed by atoms with Gasteiger partial charge in [0.05, 0.1) is 20.8 Å². The second kappa shape index (κ2) is 9.25. The van der Waals surface area contributed by atoms with E-state index in [-0.39, 0.29) is 5.91 Å². The Morgan fingerprint density at radius 3 is 2.50 bits per heavy atom. The first-order valence-electron chi connectivity index (χ1n) is 7.58. The molecule has 0 unspecified atom stereocenters. The molecule has 5 nitrogen and oxygen atoms in total. The summed E-state index contributed by atoms with van der Waals surface area (Å²) in [4.78, 5) is 11.8. The molecule has 1 amide bonds. The molecule has 1 N–H and O–H groups in total. The number of para-hydroxylation sites is 1. The molecule has 0 aliphatic heterocycles. The number of ether oxygens (including phenoxy) is 3. The highest BCUT2D eigenvalue weighted by atomic mass is 16.5. The summed E-state index contributed by atoms with van der Waals surface area (Å²) >= 11 is 0. The van der Waals surface area contributed by atoms with Gasteiger partial charge in [-0.3, -0.25) is 4.79 Å². The third-order valence-corrected chi connectivity index (χ3v) is 3.25. The molecule has 2 rings (SSSR count). The van der Waals surface area contributed by atoms with Crippen LogP contribution in [0.1, 0.15) is 5.56 Å². The number of nitrogens with one attached hydrogen (secondary N) is 1. The molecule has 0 bridgehead atoms. The number of amides is 1. The monoisotopic (exact) mass is 327 g/mol. The van der Waals surface area contributed by atoms with Crippen LogP contribution in [-0.4, -0.2) is 33.3 Å². The van der Waals surface area contributed by atoms with E-state index in [1.807, 2.05) is 36.4 Å². The van der Waals surface area contributed by atoms with Gasteiger partial charge < -0.3 is 19.5 Å². The fraction of sp³-hybridized carbons (Fsp3) is 0.211. The van der Waals surface area contributed by atoms with Crippen molar-refractivity contribution in [1.82, 2.24) is 5.32 Å². The molecule has 0 aromatic heterocycles. The van der Waals surface area contributed by atoms with Crippen LogP contribution >= 0.6 is 0 Å². The Balaban J connectivity index is 1.78. The SMILES string of the molecule is COc1ccc(/C=C/C(=O)NCCOc2ccccc2)cc1OC. The molecule has 0 heterocycles. The minimum atomic E-state index is -0.179. The van der Waals surface area contributed by atoms with Crippen LogP contribution in [-0.2, 0) is 4.79 Å². The number of benzene rings is 2. The smallest absolute Gasteiger partial charge is 0.244 e. The van der Waals surface area contributed by atoms with Gasteiger partial charge in [0.2, 0.25) is 5.91 Å². The normalized spacial score (nSPS) is 10.4. The number of hydrogen-bond donors (Lipinski definition) is 1. The van der Waals surface area contributed by atoms with Crippen LogP contribution < -0.4 is 19.5 Å². The average molecular weight is 327 g/mol. The molecule has 126 valence electrons. The predicted molar refractivity (Wildman–Crippen MR) is 93.5 cm³/mol. The van der Waals surface area contributed by atoms with Crippen LogP contribution in [0, 0.1) is 0 Å². The first-order valence-corrected chi connectivity index (χ1v) is 7.58. The Labute approximate surface area is 141 Å². The van der Waals surface area contributed by atoms with Crippen LogP contribution in [0.3, 0.4) is 0 Å². The lowest BCUT2D eigenvalue weighted by Gasteiger charge is -2.08. The Kier molecular flexibility index (Phi) is 6.71. The molecule has 2 aromatic rings. The van der Waals surface area contributed by atoms with Crippen molar-refractivity contribution in [1.29, 1.82) is 0 Å². The highest BCUT2D eigenvalue weighted by Crippen LogP contribution is 2.27. The molecule has 0 fully saturated rings. The fourth-order valence-corrected chi connectivity index (χ4v) is 2.05. The van der Waals surface area contributed by atoms with Gasteiger partial charge in [-0.15, -0.1) is 0 Å². The van der Waals surface area contributed by atoms with E-state index in [1.54, 1.807) is 32.4 Å². The van der Waals surface area contributed by atoms with Crippen molar-refractivity contribution >= 4 is 12.0 Å². The summed E-state index contributed by atoms with van der Waals surface area (Å²) in [6.45, 7) is 0.851. The van der Waals surface area contributed by atoms with Crippen molar-refractivity contribution in [2.45, 2.75) is 0 Å². The average Bonchev–Trinajstić information content (AvgIpc) is 2.64. The maximum Gasteiger partial charge on any atom is 0.244 e. The highest BCUT2D eigenvalue weighted by Gasteiger charge is 2.03. The van der Waals surface area contributed by atoms with Crippen molar-refractivity contribution < 1.29 is 19.0 Å². The molecule has 0 saturated carbocycles. The lowest BCUT2D eigenvalue weighted by Crippen LogP contribution is -2.26. The zero-order chi connectivity index (χ0) is 17.2. The van der Waals surface area contributed by atoms with Crippen molar-refractivity contribution in [2.24, 2.45) is 0 Å². The van der Waals surface area contributed by atoms with E-state index >= 15 is 0 Å². The van der Waals surface area contributed by atoms with Crippen LogP contribution in [0.2, 0.25) is 0 Å². The number of hydrogen-bond acceptors (Lipinski definition) is 4. The quantitative estimate of drug-likeness (QED) is 0.598. The summed E-state index contributed by atoms with van der Waals surface area (Å²) in [5.41, 5.74) is 0.850. The van der Waals surface area contributed by atoms with Gasteiger partial charge >= 0.3 is 0 Å². The largest absolute Gasteiger partial charge is 0.493 e. The molecular formula is C19H21NO4. The number of carbonyl (C=O) groups is 1. The Morgan fingerprint density at radius 1 is 1.04 bits per heavy atom. The van der Waals surface area contributed by atoms with Crippen molar-refractivity contribution in [2.75, 3.05) is 27.4 Å². The summed E-state index contributed by atoms with van der Waals surface area (Å²) in [5, 5.41) is 2.77. The van der Waals surface area contributed by atoms with Crippen molar-refractivity contribution in [3.05, 3.63) is 60.2 Å². The summed E-state index contributed by atoms with van der Waals surface area (Å²) < 4.78 is 15.9. The molecule has 0 atom stereocenters. The van der Waals surface area contributed by atoms with Crippen molar-refractivity contribution in [3.8, 4) is 17.2 Å². The van der Waals surface area contributed by atoms with E-state index in [2.05, 4.69) is 5.32 Å². The predicted octanol–water partition coefficient (Wildman–Crippen LogP) is 2.91. The van der Waals surface area contributed by atoms with Gasteiger partial charge in [0, 0.05) is 6.08 Å². The van der Waals surface area contributed by atoms with E-state index in [1.165, 1.54) is 6.08 Å². The Morgan fingerprint density at radius 2 is 1.79 bits per heavy atom. The van der Waals surface area contributed by atoms with E-state index < -0.39 is 0 Å². The van der Waals surface area contributed by atoms with Crippen molar-refractivity contribution in [3.63, 3.8) is 0 Å². The lowest BCUT2D eigenvalue weighted by molar-refractivity contribution is -0.116. The first kappa shape index (κ1) is 17.4. The van der Waals surface area contributed by atoms with E-state index in [0.717, 1.165) is 11.3 Å². The van der Waals surface area contributed by atoms with Gasteiger partial charge in [-0.25, -0.2) is 0 Å². The number of rotatable bonds is 8. The summed E-state index contributed by atoms with van der Waals surface area (Å²) in [5.74, 6) is 1.88. The fourth-order valence-electron chi connectivity index (χ4n) is 2.05. The van der Waals surface area contributed by atoms with Crippen LogP contribution in [0.4, 0.5) is 0 Å². The zero-order valence-electron chi connectivity index (χ0n) is 13.8. The minimum Gasteiger partial charge on any atom is -0.493 e. The molecule has 2 aromatic carbocycles. The third kappa shape index (κ3) is 5.35. The Hall–Kier alpha value is -2.95. The topological polar surface area (TPSA) is 56.8 Å². The zero-order valence-corrected chi connectivity index (χ0v) is 13.8. The molecule has 24 heavy (non-hydrogen) atoms. The maximum absolute atomic E-state index is 11.8. The van der Waals surface area contributed by atoms with Gasteiger partial charge in [-0.05, 0) is 35.9 Å². The molecule has 0 spiro atoms. The van der Waals surface area contributed by atoms with Gasteiger partial charge in [-0.1, -0.05) is 24.3 Å². The summed E-state index contributed by atoms with van der Waals surface area (Å²) in [6, 6.07) is 14.9. The molecular weight excluding hydrogens is 306 g/mol. The van der Waals surface area contributed by atoms with E-state index in [0.29, 0.717) is 24.7 Å². The second-order valence-electron chi connectivity index (χ2n) is 4.90. The first-order chi connectivity index (χ1) is 11.7. The van der Waals surface area contributed by atoms with Gasteiger partial charge in [-0.2, -0.15) is 0 Å². The standard InChI is InChI=1S/C19H21NO4/c1-22-17-10-8-15(14-18(17)23-2)9-11-19(21)20-12-13-24-16-6-4-3-5-7-16/h3-11,14H,12-13H2,1-2H3,(H,20,21)/b11-9+. The Bertz CT molecular complexity index is 683. The van der Waals surface area contributed by atoms with Gasteiger partial charge in [0.15, 0.2) is 11.5 Å². The van der Waals surface area contributed by atoms with Crippen LogP contribution in [0.15, 0.2) is 54.6 Å². The van der Waals surface area contributed by atoms with Crippen LogP contribution in [0.5, 0.6) is 17.2 Å². The van der Waals surface area contributed by atoms with Crippen LogP contribution in [0.25, 0.3) is 6.08 Å². The van der Waals surface area contributed by atoms with Gasteiger partial charge in [0.25, 0.3) is 0 Å². The molecule has 5 heteroatoms. The summed E-state index contributed by atoms with van der Waals surface area (Å²) in [7, 11) is 3.16. The summed E-state index contributed by atoms with van der Waals surface area (Å²) in [6.07, 6.45) is 3.19. The van der Waals surface area contributed by atoms with E-state index in [4.69, 9.17) is 14.2 Å². The molecule has 0 saturated heterocycles. The molecule has 0 radical (unpaired) electrons. The second-order valence-corrected chi connectivity index (χ2v) is 4.90.